The fourth-order valence-electron chi connectivity index (χ4n) is 4.08. The van der Waals surface area contributed by atoms with Crippen LogP contribution in [0.1, 0.15) is 60.0 Å². The van der Waals surface area contributed by atoms with Gasteiger partial charge in [-0.25, -0.2) is 16.3 Å². The van der Waals surface area contributed by atoms with E-state index in [1.165, 1.54) is 17.0 Å². The molecule has 1 heterocycles. The van der Waals surface area contributed by atoms with E-state index in [4.69, 9.17) is 10.9 Å². The van der Waals surface area contributed by atoms with Crippen molar-refractivity contribution >= 4 is 23.4 Å². The number of hydrazine groups is 1. The van der Waals surface area contributed by atoms with Gasteiger partial charge in [0.15, 0.2) is 0 Å². The molecule has 0 atom stereocenters. The van der Waals surface area contributed by atoms with Crippen LogP contribution in [0.3, 0.4) is 0 Å². The molecule has 1 saturated heterocycles. The monoisotopic (exact) mass is 550 g/mol. The molecule has 0 spiro atoms. The van der Waals surface area contributed by atoms with Crippen molar-refractivity contribution in [2.75, 3.05) is 18.4 Å². The van der Waals surface area contributed by atoms with E-state index in [-0.39, 0.29) is 43.4 Å². The molecule has 212 valence electrons. The third-order valence-electron chi connectivity index (χ3n) is 6.34. The molecule has 0 aromatic heterocycles. The van der Waals surface area contributed by atoms with E-state index in [1.807, 2.05) is 0 Å². The molecule has 1 aliphatic heterocycles. The number of nitrogens with two attached hydrogens (primary N) is 1. The molecule has 0 bridgehead atoms. The predicted octanol–water partition coefficient (Wildman–Crippen LogP) is 2.90. The third kappa shape index (κ3) is 8.23. The predicted molar refractivity (Wildman–Crippen MR) is 137 cm³/mol. The number of carbonyl (C=O) groups excluding carboxylic acids is 3. The van der Waals surface area contributed by atoms with Gasteiger partial charge in [0, 0.05) is 43.7 Å². The molecule has 10 nitrogen and oxygen atoms in total. The summed E-state index contributed by atoms with van der Waals surface area (Å²) in [5, 5.41) is 11.2. The lowest BCUT2D eigenvalue weighted by Gasteiger charge is -2.23. The van der Waals surface area contributed by atoms with Crippen LogP contribution in [0.15, 0.2) is 48.5 Å². The van der Waals surface area contributed by atoms with E-state index < -0.39 is 17.7 Å². The number of hydrogen-bond acceptors (Lipinski definition) is 7. The van der Waals surface area contributed by atoms with Gasteiger partial charge in [-0.2, -0.15) is 13.2 Å². The minimum absolute atomic E-state index is 0.0279. The zero-order valence-corrected chi connectivity index (χ0v) is 21.3. The lowest BCUT2D eigenvalue weighted by atomic mass is 10.0. The molecule has 0 radical (unpaired) electrons. The quantitative estimate of drug-likeness (QED) is 0.0909. The van der Waals surface area contributed by atoms with Crippen molar-refractivity contribution in [2.24, 2.45) is 5.73 Å². The molecule has 7 N–H and O–H groups in total. The summed E-state index contributed by atoms with van der Waals surface area (Å²) in [5.74, 6) is -0.893. The van der Waals surface area contributed by atoms with Crippen LogP contribution >= 0.6 is 0 Å². The second-order valence-electron chi connectivity index (χ2n) is 9.28. The van der Waals surface area contributed by atoms with Gasteiger partial charge >= 0.3 is 6.18 Å². The molecule has 0 aliphatic carbocycles. The SMILES string of the molecule is NCCN(Cc1ccc(C2(C(F)(F)F)NN2)cc1)C(=O)c1ccc(NC(=O)CCCCCCC(=O)NO)cc1. The van der Waals surface area contributed by atoms with Crippen LogP contribution in [0, 0.1) is 0 Å². The number of hydrogen-bond donors (Lipinski definition) is 6. The van der Waals surface area contributed by atoms with Crippen molar-refractivity contribution in [1.29, 1.82) is 0 Å². The summed E-state index contributed by atoms with van der Waals surface area (Å²) < 4.78 is 39.8. The number of unbranched alkanes of at least 4 members (excludes halogenated alkanes) is 3. The Bertz CT molecular complexity index is 1120. The van der Waals surface area contributed by atoms with Gasteiger partial charge in [-0.1, -0.05) is 37.1 Å². The lowest BCUT2D eigenvalue weighted by Crippen LogP contribution is -2.35. The molecule has 2 aromatic rings. The van der Waals surface area contributed by atoms with Crippen molar-refractivity contribution in [3.8, 4) is 0 Å². The Morgan fingerprint density at radius 1 is 0.897 bits per heavy atom. The second kappa shape index (κ2) is 13.5. The average molecular weight is 551 g/mol. The Morgan fingerprint density at radius 3 is 2.00 bits per heavy atom. The minimum atomic E-state index is -4.50. The number of hydroxylamine groups is 1. The van der Waals surface area contributed by atoms with Gasteiger partial charge in [0.2, 0.25) is 17.5 Å². The van der Waals surface area contributed by atoms with Crippen molar-refractivity contribution in [2.45, 2.75) is 56.9 Å². The lowest BCUT2D eigenvalue weighted by molar-refractivity contribution is -0.165. The van der Waals surface area contributed by atoms with Crippen LogP contribution in [0.2, 0.25) is 0 Å². The summed E-state index contributed by atoms with van der Waals surface area (Å²) in [4.78, 5) is 37.8. The van der Waals surface area contributed by atoms with Gasteiger partial charge in [0.1, 0.15) is 0 Å². The molecular weight excluding hydrogens is 517 g/mol. The van der Waals surface area contributed by atoms with Gasteiger partial charge < -0.3 is 16.0 Å². The number of alkyl halides is 3. The van der Waals surface area contributed by atoms with Crippen LogP contribution in [0.4, 0.5) is 18.9 Å². The third-order valence-corrected chi connectivity index (χ3v) is 6.34. The van der Waals surface area contributed by atoms with Crippen molar-refractivity contribution in [1.82, 2.24) is 21.2 Å². The van der Waals surface area contributed by atoms with E-state index in [0.717, 1.165) is 12.8 Å². The summed E-state index contributed by atoms with van der Waals surface area (Å²) in [7, 11) is 0. The van der Waals surface area contributed by atoms with E-state index in [0.29, 0.717) is 36.1 Å². The Balaban J connectivity index is 1.50. The van der Waals surface area contributed by atoms with Gasteiger partial charge in [0.25, 0.3) is 5.91 Å². The first-order valence-corrected chi connectivity index (χ1v) is 12.6. The molecule has 3 rings (SSSR count). The van der Waals surface area contributed by atoms with Crippen LogP contribution in [-0.4, -0.2) is 47.1 Å². The maximum absolute atomic E-state index is 13.3. The van der Waals surface area contributed by atoms with Crippen molar-refractivity contribution in [3.63, 3.8) is 0 Å². The zero-order chi connectivity index (χ0) is 28.5. The number of carbonyl (C=O) groups is 3. The molecule has 13 heteroatoms. The summed E-state index contributed by atoms with van der Waals surface area (Å²) in [5.41, 5.74) is 11.0. The van der Waals surface area contributed by atoms with Crippen molar-refractivity contribution < 1.29 is 32.8 Å². The van der Waals surface area contributed by atoms with E-state index >= 15 is 0 Å². The first-order chi connectivity index (χ1) is 18.6. The maximum Gasteiger partial charge on any atom is 0.426 e. The van der Waals surface area contributed by atoms with E-state index in [2.05, 4.69) is 16.2 Å². The number of anilines is 1. The topological polar surface area (TPSA) is 169 Å². The second-order valence-corrected chi connectivity index (χ2v) is 9.28. The average Bonchev–Trinajstić information content (AvgIpc) is 3.73. The van der Waals surface area contributed by atoms with Gasteiger partial charge in [0.05, 0.1) is 0 Å². The highest BCUT2D eigenvalue weighted by molar-refractivity contribution is 5.95. The van der Waals surface area contributed by atoms with Gasteiger partial charge in [-0.15, -0.1) is 0 Å². The number of nitrogens with zero attached hydrogens (tertiary/aromatic N) is 1. The van der Waals surface area contributed by atoms with Gasteiger partial charge in [-0.3, -0.25) is 19.6 Å². The highest BCUT2D eigenvalue weighted by atomic mass is 19.4. The molecule has 0 unspecified atom stereocenters. The van der Waals surface area contributed by atoms with E-state index in [1.54, 1.807) is 41.9 Å². The molecule has 3 amide bonds. The molecular formula is C26H33F3N6O4. The minimum Gasteiger partial charge on any atom is -0.333 e. The Morgan fingerprint density at radius 2 is 1.49 bits per heavy atom. The smallest absolute Gasteiger partial charge is 0.333 e. The largest absolute Gasteiger partial charge is 0.426 e. The fraction of sp³-hybridized carbons (Fsp3) is 0.423. The Kier molecular flexibility index (Phi) is 10.4. The summed E-state index contributed by atoms with van der Waals surface area (Å²) in [6.45, 7) is 0.621. The first kappa shape index (κ1) is 30.0. The van der Waals surface area contributed by atoms with Gasteiger partial charge in [-0.05, 0) is 48.2 Å². The number of nitrogens with one attached hydrogen (secondary N) is 4. The highest BCUT2D eigenvalue weighted by Gasteiger charge is 2.65. The first-order valence-electron chi connectivity index (χ1n) is 12.6. The summed E-state index contributed by atoms with van der Waals surface area (Å²) in [6, 6.07) is 12.3. The standard InChI is InChI=1S/C26H33F3N6O4/c27-26(28,29)25(33-34-25)20-11-7-18(8-12-20)17-35(16-15-30)24(38)19-9-13-21(14-10-19)31-22(36)5-3-1-2-4-6-23(37)32-39/h7-14,33-34,39H,1-6,15-17,30H2,(H,31,36)(H,32,37). The molecule has 39 heavy (non-hydrogen) atoms. The Labute approximate surface area is 224 Å². The molecule has 1 aliphatic rings. The number of amides is 3. The maximum atomic E-state index is 13.3. The normalized spacial score (nSPS) is 14.0. The highest BCUT2D eigenvalue weighted by Crippen LogP contribution is 2.42. The molecule has 2 aromatic carbocycles. The Hall–Kier alpha value is -3.52. The number of benzene rings is 2. The molecule has 1 fully saturated rings. The van der Waals surface area contributed by atoms with Crippen LogP contribution in [0.25, 0.3) is 0 Å². The summed E-state index contributed by atoms with van der Waals surface area (Å²) >= 11 is 0. The number of halogens is 3. The fourth-order valence-corrected chi connectivity index (χ4v) is 4.08. The van der Waals surface area contributed by atoms with Crippen LogP contribution < -0.4 is 27.4 Å². The van der Waals surface area contributed by atoms with Crippen molar-refractivity contribution in [3.05, 3.63) is 65.2 Å². The van der Waals surface area contributed by atoms with Crippen LogP contribution in [0.5, 0.6) is 0 Å². The zero-order valence-electron chi connectivity index (χ0n) is 21.3. The van der Waals surface area contributed by atoms with E-state index in [9.17, 15) is 27.6 Å². The van der Waals surface area contributed by atoms with Crippen LogP contribution in [-0.2, 0) is 21.8 Å². The molecule has 0 saturated carbocycles. The number of rotatable bonds is 14. The summed E-state index contributed by atoms with van der Waals surface area (Å²) in [6.07, 6.45) is -1.12.